The van der Waals surface area contributed by atoms with Gasteiger partial charge in [-0.2, -0.15) is 5.10 Å². The second-order valence-electron chi connectivity index (χ2n) is 5.89. The fourth-order valence-corrected chi connectivity index (χ4v) is 2.84. The lowest BCUT2D eigenvalue weighted by Gasteiger charge is -2.39. The van der Waals surface area contributed by atoms with E-state index in [1.807, 2.05) is 10.9 Å². The molecule has 1 aliphatic rings. The first-order chi connectivity index (χ1) is 9.63. The van der Waals surface area contributed by atoms with Crippen molar-refractivity contribution in [2.75, 3.05) is 33.7 Å². The predicted molar refractivity (Wildman–Crippen MR) is 81.1 cm³/mol. The first-order valence-corrected chi connectivity index (χ1v) is 7.51. The fraction of sp³-hybridized carbons (Fsp3) is 0.786. The van der Waals surface area contributed by atoms with Crippen LogP contribution in [0.2, 0.25) is 0 Å². The van der Waals surface area contributed by atoms with E-state index >= 15 is 0 Å². The van der Waals surface area contributed by atoms with Gasteiger partial charge < -0.3 is 9.80 Å². The van der Waals surface area contributed by atoms with E-state index in [-0.39, 0.29) is 6.04 Å². The van der Waals surface area contributed by atoms with E-state index in [1.54, 1.807) is 0 Å². The average Bonchev–Trinajstić information content (AvgIpc) is 2.88. The molecule has 1 fully saturated rings. The molecule has 6 nitrogen and oxygen atoms in total. The van der Waals surface area contributed by atoms with Gasteiger partial charge in [0.1, 0.15) is 0 Å². The highest BCUT2D eigenvalue weighted by Crippen LogP contribution is 2.21. The normalized spacial score (nSPS) is 23.1. The molecule has 0 radical (unpaired) electrons. The highest BCUT2D eigenvalue weighted by Gasteiger charge is 2.26. The van der Waals surface area contributed by atoms with Crippen LogP contribution in [0.5, 0.6) is 0 Å². The van der Waals surface area contributed by atoms with E-state index in [1.165, 1.54) is 5.56 Å². The zero-order valence-electron chi connectivity index (χ0n) is 12.9. The molecule has 3 N–H and O–H groups in total. The number of nitrogens with two attached hydrogens (primary N) is 1. The molecule has 2 heterocycles. The first kappa shape index (κ1) is 15.4. The van der Waals surface area contributed by atoms with Crippen molar-refractivity contribution in [2.24, 2.45) is 5.84 Å². The van der Waals surface area contributed by atoms with Gasteiger partial charge in [0.05, 0.1) is 12.2 Å². The number of nitrogens with zero attached hydrogens (tertiary/aromatic N) is 4. The molecule has 0 spiro atoms. The number of rotatable bonds is 6. The maximum atomic E-state index is 5.77. The number of piperazine rings is 1. The fourth-order valence-electron chi connectivity index (χ4n) is 2.84. The molecule has 1 aromatic rings. The molecule has 0 bridgehead atoms. The summed E-state index contributed by atoms with van der Waals surface area (Å²) in [5, 5.41) is 4.40. The number of aryl methyl sites for hydroxylation is 1. The maximum Gasteiger partial charge on any atom is 0.0538 e. The molecule has 0 aliphatic carbocycles. The van der Waals surface area contributed by atoms with E-state index < -0.39 is 0 Å². The molecule has 2 atom stereocenters. The lowest BCUT2D eigenvalue weighted by Crippen LogP contribution is -2.51. The molecule has 0 saturated carbocycles. The highest BCUT2D eigenvalue weighted by molar-refractivity contribution is 5.11. The molecule has 0 amide bonds. The van der Waals surface area contributed by atoms with Crippen molar-refractivity contribution >= 4 is 0 Å². The van der Waals surface area contributed by atoms with Crippen molar-refractivity contribution in [1.82, 2.24) is 25.0 Å². The van der Waals surface area contributed by atoms with Gasteiger partial charge in [0, 0.05) is 44.0 Å². The quantitative estimate of drug-likeness (QED) is 0.584. The standard InChI is InChI=1S/C14H28N6/c1-4-5-20-10-12(9-16-20)14(17-15)8-13-11-18(2)6-7-19(13)3/h9-10,13-14,17H,4-8,11,15H2,1-3H3. The van der Waals surface area contributed by atoms with Crippen molar-refractivity contribution in [2.45, 2.75) is 38.4 Å². The Labute approximate surface area is 121 Å². The Kier molecular flexibility index (Phi) is 5.54. The van der Waals surface area contributed by atoms with E-state index in [4.69, 9.17) is 5.84 Å². The zero-order valence-corrected chi connectivity index (χ0v) is 12.9. The molecule has 1 aliphatic heterocycles. The van der Waals surface area contributed by atoms with E-state index in [9.17, 15) is 0 Å². The third-order valence-corrected chi connectivity index (χ3v) is 4.20. The molecular weight excluding hydrogens is 252 g/mol. The summed E-state index contributed by atoms with van der Waals surface area (Å²) in [6, 6.07) is 0.698. The lowest BCUT2D eigenvalue weighted by atomic mass is 10.00. The van der Waals surface area contributed by atoms with Crippen LogP contribution < -0.4 is 11.3 Å². The molecule has 6 heteroatoms. The van der Waals surface area contributed by atoms with E-state index in [0.29, 0.717) is 6.04 Å². The van der Waals surface area contributed by atoms with Crippen LogP contribution in [0.25, 0.3) is 0 Å². The monoisotopic (exact) mass is 280 g/mol. The molecular formula is C14H28N6. The molecule has 2 unspecified atom stereocenters. The van der Waals surface area contributed by atoms with Crippen molar-refractivity contribution in [3.05, 3.63) is 18.0 Å². The van der Waals surface area contributed by atoms with Crippen LogP contribution in [-0.4, -0.2) is 59.4 Å². The predicted octanol–water partition coefficient (Wildman–Crippen LogP) is 0.433. The van der Waals surface area contributed by atoms with Crippen LogP contribution in [0.4, 0.5) is 0 Å². The molecule has 1 saturated heterocycles. The van der Waals surface area contributed by atoms with Crippen LogP contribution in [0.3, 0.4) is 0 Å². The second kappa shape index (κ2) is 7.17. The van der Waals surface area contributed by atoms with E-state index in [0.717, 1.165) is 39.0 Å². The van der Waals surface area contributed by atoms with Crippen LogP contribution in [0, 0.1) is 0 Å². The Hall–Kier alpha value is -0.950. The Balaban J connectivity index is 1.99. The Morgan fingerprint density at radius 2 is 2.25 bits per heavy atom. The molecule has 0 aromatic carbocycles. The Morgan fingerprint density at radius 1 is 1.45 bits per heavy atom. The van der Waals surface area contributed by atoms with Gasteiger partial charge in [-0.05, 0) is 26.9 Å². The minimum absolute atomic E-state index is 0.166. The van der Waals surface area contributed by atoms with Gasteiger partial charge in [-0.1, -0.05) is 6.92 Å². The minimum atomic E-state index is 0.166. The van der Waals surface area contributed by atoms with Crippen molar-refractivity contribution < 1.29 is 0 Å². The van der Waals surface area contributed by atoms with Crippen molar-refractivity contribution in [1.29, 1.82) is 0 Å². The van der Waals surface area contributed by atoms with Crippen LogP contribution in [0.1, 0.15) is 31.4 Å². The summed E-state index contributed by atoms with van der Waals surface area (Å²) in [5.74, 6) is 5.77. The van der Waals surface area contributed by atoms with Crippen LogP contribution in [-0.2, 0) is 6.54 Å². The summed E-state index contributed by atoms with van der Waals surface area (Å²) in [5.41, 5.74) is 4.14. The van der Waals surface area contributed by atoms with Gasteiger partial charge in [0.25, 0.3) is 0 Å². The number of nitrogens with one attached hydrogen (secondary N) is 1. The lowest BCUT2D eigenvalue weighted by molar-refractivity contribution is 0.101. The number of hydrogen-bond donors (Lipinski definition) is 2. The average molecular weight is 280 g/mol. The van der Waals surface area contributed by atoms with Gasteiger partial charge in [-0.15, -0.1) is 0 Å². The Morgan fingerprint density at radius 3 is 2.95 bits per heavy atom. The van der Waals surface area contributed by atoms with Gasteiger partial charge in [-0.25, -0.2) is 0 Å². The smallest absolute Gasteiger partial charge is 0.0538 e. The van der Waals surface area contributed by atoms with E-state index in [2.05, 4.69) is 47.5 Å². The van der Waals surface area contributed by atoms with Gasteiger partial charge in [0.15, 0.2) is 0 Å². The number of hydrazine groups is 1. The van der Waals surface area contributed by atoms with Gasteiger partial charge >= 0.3 is 0 Å². The summed E-state index contributed by atoms with van der Waals surface area (Å²) < 4.78 is 2.00. The molecule has 1 aromatic heterocycles. The third kappa shape index (κ3) is 3.79. The van der Waals surface area contributed by atoms with Crippen LogP contribution >= 0.6 is 0 Å². The van der Waals surface area contributed by atoms with Crippen molar-refractivity contribution in [3.8, 4) is 0 Å². The summed E-state index contributed by atoms with van der Waals surface area (Å²) in [6.45, 7) is 6.48. The van der Waals surface area contributed by atoms with Gasteiger partial charge in [-0.3, -0.25) is 16.0 Å². The summed E-state index contributed by atoms with van der Waals surface area (Å²) in [4.78, 5) is 4.82. The first-order valence-electron chi connectivity index (χ1n) is 7.51. The summed E-state index contributed by atoms with van der Waals surface area (Å²) in [6.07, 6.45) is 6.15. The summed E-state index contributed by atoms with van der Waals surface area (Å²) >= 11 is 0. The van der Waals surface area contributed by atoms with Crippen LogP contribution in [0.15, 0.2) is 12.4 Å². The summed E-state index contributed by atoms with van der Waals surface area (Å²) in [7, 11) is 4.38. The molecule has 20 heavy (non-hydrogen) atoms. The van der Waals surface area contributed by atoms with Gasteiger partial charge in [0.2, 0.25) is 0 Å². The van der Waals surface area contributed by atoms with Crippen molar-refractivity contribution in [3.63, 3.8) is 0 Å². The molecule has 114 valence electrons. The Bertz CT molecular complexity index is 404. The minimum Gasteiger partial charge on any atom is -0.304 e. The number of aromatic nitrogens is 2. The SMILES string of the molecule is CCCn1cc(C(CC2CN(C)CCN2C)NN)cn1. The largest absolute Gasteiger partial charge is 0.304 e. The topological polar surface area (TPSA) is 62.3 Å². The highest BCUT2D eigenvalue weighted by atomic mass is 15.3. The number of hydrogen-bond acceptors (Lipinski definition) is 5. The maximum absolute atomic E-state index is 5.77. The zero-order chi connectivity index (χ0) is 14.5. The third-order valence-electron chi connectivity index (χ3n) is 4.20. The molecule has 2 rings (SSSR count). The second-order valence-corrected chi connectivity index (χ2v) is 5.89. The number of likely N-dealkylation sites (N-methyl/N-ethyl adjacent to an activating group) is 2.